The zero-order valence-electron chi connectivity index (χ0n) is 15.8. The van der Waals surface area contributed by atoms with Crippen molar-refractivity contribution in [3.05, 3.63) is 41.1 Å². The van der Waals surface area contributed by atoms with Gasteiger partial charge in [-0.2, -0.15) is 0 Å². The standard InChI is InChI=1S/C21H26N4O2/c1-2-24-10-9-18-16(13-24)19(15-5-3-4-6-17(15)23-18)21(27)25-11-7-14(8-12-25)20(22)26/h3-6,14H,2,7-13H2,1H3,(H2,22,26). The summed E-state index contributed by atoms with van der Waals surface area (Å²) in [5, 5.41) is 0.927. The summed E-state index contributed by atoms with van der Waals surface area (Å²) in [4.78, 5) is 34.0. The van der Waals surface area contributed by atoms with Crippen LogP contribution in [0.2, 0.25) is 0 Å². The van der Waals surface area contributed by atoms with Crippen LogP contribution in [0.3, 0.4) is 0 Å². The molecule has 1 aromatic heterocycles. The topological polar surface area (TPSA) is 79.5 Å². The number of likely N-dealkylation sites (tertiary alicyclic amines) is 1. The van der Waals surface area contributed by atoms with Gasteiger partial charge in [-0.05, 0) is 25.5 Å². The summed E-state index contributed by atoms with van der Waals surface area (Å²) in [7, 11) is 0. The number of fused-ring (bicyclic) bond motifs is 2. The summed E-state index contributed by atoms with van der Waals surface area (Å²) in [5.74, 6) is -0.314. The number of pyridine rings is 1. The van der Waals surface area contributed by atoms with Crippen molar-refractivity contribution in [1.82, 2.24) is 14.8 Å². The Morgan fingerprint density at radius 3 is 2.63 bits per heavy atom. The van der Waals surface area contributed by atoms with Gasteiger partial charge in [0.05, 0.1) is 11.1 Å². The first-order valence-corrected chi connectivity index (χ1v) is 9.80. The Bertz CT molecular complexity index is 887. The van der Waals surface area contributed by atoms with Gasteiger partial charge in [-0.3, -0.25) is 19.5 Å². The quantitative estimate of drug-likeness (QED) is 0.900. The van der Waals surface area contributed by atoms with Crippen molar-refractivity contribution in [1.29, 1.82) is 0 Å². The number of aromatic nitrogens is 1. The second-order valence-electron chi connectivity index (χ2n) is 7.52. The molecule has 0 unspecified atom stereocenters. The van der Waals surface area contributed by atoms with Crippen LogP contribution in [0.5, 0.6) is 0 Å². The van der Waals surface area contributed by atoms with E-state index in [1.165, 1.54) is 0 Å². The monoisotopic (exact) mass is 366 g/mol. The molecule has 1 fully saturated rings. The zero-order chi connectivity index (χ0) is 19.0. The first-order valence-electron chi connectivity index (χ1n) is 9.80. The predicted molar refractivity (Wildman–Crippen MR) is 104 cm³/mol. The molecule has 2 aliphatic rings. The first kappa shape index (κ1) is 17.9. The van der Waals surface area contributed by atoms with E-state index in [1.54, 1.807) is 0 Å². The highest BCUT2D eigenvalue weighted by Crippen LogP contribution is 2.30. The van der Waals surface area contributed by atoms with Crippen LogP contribution >= 0.6 is 0 Å². The van der Waals surface area contributed by atoms with E-state index in [-0.39, 0.29) is 17.7 Å². The Kier molecular flexibility index (Phi) is 4.83. The highest BCUT2D eigenvalue weighted by molar-refractivity contribution is 6.07. The van der Waals surface area contributed by atoms with E-state index < -0.39 is 0 Å². The predicted octanol–water partition coefficient (Wildman–Crippen LogP) is 1.95. The summed E-state index contributed by atoms with van der Waals surface area (Å²) < 4.78 is 0. The third-order valence-electron chi connectivity index (χ3n) is 5.97. The number of para-hydroxylation sites is 1. The molecule has 0 spiro atoms. The van der Waals surface area contributed by atoms with Crippen molar-refractivity contribution in [3.63, 3.8) is 0 Å². The molecule has 6 heteroatoms. The largest absolute Gasteiger partial charge is 0.369 e. The minimum Gasteiger partial charge on any atom is -0.369 e. The van der Waals surface area contributed by atoms with Crippen molar-refractivity contribution < 1.29 is 9.59 Å². The molecule has 0 saturated carbocycles. The van der Waals surface area contributed by atoms with Gasteiger partial charge < -0.3 is 10.6 Å². The van der Waals surface area contributed by atoms with Gasteiger partial charge in [-0.15, -0.1) is 0 Å². The number of rotatable bonds is 3. The van der Waals surface area contributed by atoms with Gasteiger partial charge in [0, 0.05) is 55.2 Å². The number of hydrogen-bond donors (Lipinski definition) is 1. The van der Waals surface area contributed by atoms with E-state index in [9.17, 15) is 9.59 Å². The SMILES string of the molecule is CCN1CCc2nc3ccccc3c(C(=O)N3CCC(C(N)=O)CC3)c2C1. The summed E-state index contributed by atoms with van der Waals surface area (Å²) in [5.41, 5.74) is 9.25. The minimum absolute atomic E-state index is 0.0609. The molecule has 2 aliphatic heterocycles. The highest BCUT2D eigenvalue weighted by atomic mass is 16.2. The Morgan fingerprint density at radius 1 is 1.19 bits per heavy atom. The maximum atomic E-state index is 13.5. The van der Waals surface area contributed by atoms with Crippen LogP contribution in [0, 0.1) is 5.92 Å². The van der Waals surface area contributed by atoms with Gasteiger partial charge >= 0.3 is 0 Å². The number of primary amides is 1. The molecule has 0 radical (unpaired) electrons. The van der Waals surface area contributed by atoms with Crippen molar-refractivity contribution in [2.75, 3.05) is 26.2 Å². The summed E-state index contributed by atoms with van der Waals surface area (Å²) in [6.07, 6.45) is 2.17. The maximum absolute atomic E-state index is 13.5. The van der Waals surface area contributed by atoms with Crippen LogP contribution in [-0.4, -0.2) is 52.8 Å². The molecule has 3 heterocycles. The van der Waals surface area contributed by atoms with Crippen LogP contribution in [0.25, 0.3) is 10.9 Å². The van der Waals surface area contributed by atoms with Crippen LogP contribution in [0.15, 0.2) is 24.3 Å². The van der Waals surface area contributed by atoms with E-state index >= 15 is 0 Å². The van der Waals surface area contributed by atoms with Crippen molar-refractivity contribution in [2.24, 2.45) is 11.7 Å². The lowest BCUT2D eigenvalue weighted by Gasteiger charge is -2.33. The lowest BCUT2D eigenvalue weighted by molar-refractivity contribution is -0.123. The molecule has 6 nitrogen and oxygen atoms in total. The summed E-state index contributed by atoms with van der Waals surface area (Å²) in [6.45, 7) is 6.01. The maximum Gasteiger partial charge on any atom is 0.254 e. The van der Waals surface area contributed by atoms with Gasteiger partial charge in [0.25, 0.3) is 5.91 Å². The average molecular weight is 366 g/mol. The summed E-state index contributed by atoms with van der Waals surface area (Å²) >= 11 is 0. The second kappa shape index (κ2) is 7.27. The van der Waals surface area contributed by atoms with Gasteiger partial charge in [-0.1, -0.05) is 25.1 Å². The molecule has 0 atom stereocenters. The number of hydrogen-bond acceptors (Lipinski definition) is 4. The van der Waals surface area contributed by atoms with Crippen molar-refractivity contribution >= 4 is 22.7 Å². The molecule has 1 saturated heterocycles. The minimum atomic E-state index is -0.257. The normalized spacial score (nSPS) is 18.5. The Hall–Kier alpha value is -2.47. The fraction of sp³-hybridized carbons (Fsp3) is 0.476. The highest BCUT2D eigenvalue weighted by Gasteiger charge is 2.31. The average Bonchev–Trinajstić information content (AvgIpc) is 2.71. The number of nitrogens with zero attached hydrogens (tertiary/aromatic N) is 3. The molecule has 142 valence electrons. The van der Waals surface area contributed by atoms with Crippen molar-refractivity contribution in [3.8, 4) is 0 Å². The Morgan fingerprint density at radius 2 is 1.93 bits per heavy atom. The van der Waals surface area contributed by atoms with E-state index in [0.29, 0.717) is 25.9 Å². The van der Waals surface area contributed by atoms with Gasteiger partial charge in [0.1, 0.15) is 0 Å². The van der Waals surface area contributed by atoms with Crippen LogP contribution < -0.4 is 5.73 Å². The smallest absolute Gasteiger partial charge is 0.254 e. The van der Waals surface area contributed by atoms with Gasteiger partial charge in [0.15, 0.2) is 0 Å². The van der Waals surface area contributed by atoms with E-state index in [1.807, 2.05) is 29.2 Å². The third-order valence-corrected chi connectivity index (χ3v) is 5.97. The second-order valence-corrected chi connectivity index (χ2v) is 7.52. The fourth-order valence-corrected chi connectivity index (χ4v) is 4.29. The number of benzene rings is 1. The van der Waals surface area contributed by atoms with E-state index in [4.69, 9.17) is 10.7 Å². The number of carbonyl (C=O) groups is 2. The summed E-state index contributed by atoms with van der Waals surface area (Å²) in [6, 6.07) is 7.91. The number of carbonyl (C=O) groups excluding carboxylic acids is 2. The molecule has 1 aromatic carbocycles. The zero-order valence-corrected chi connectivity index (χ0v) is 15.8. The molecular formula is C21H26N4O2. The molecule has 0 bridgehead atoms. The van der Waals surface area contributed by atoms with Crippen LogP contribution in [-0.2, 0) is 17.8 Å². The lowest BCUT2D eigenvalue weighted by Crippen LogP contribution is -2.42. The molecule has 2 amide bonds. The number of likely N-dealkylation sites (N-methyl/N-ethyl adjacent to an activating group) is 1. The lowest BCUT2D eigenvalue weighted by atomic mass is 9.92. The first-order chi connectivity index (χ1) is 13.1. The van der Waals surface area contributed by atoms with Crippen LogP contribution in [0.1, 0.15) is 41.4 Å². The number of amides is 2. The molecule has 2 N–H and O–H groups in total. The van der Waals surface area contributed by atoms with Gasteiger partial charge in [-0.25, -0.2) is 0 Å². The fourth-order valence-electron chi connectivity index (χ4n) is 4.29. The molecule has 2 aromatic rings. The molecule has 4 rings (SSSR count). The molecule has 27 heavy (non-hydrogen) atoms. The van der Waals surface area contributed by atoms with Gasteiger partial charge in [0.2, 0.25) is 5.91 Å². The molecule has 0 aliphatic carbocycles. The molecular weight excluding hydrogens is 340 g/mol. The number of piperidine rings is 1. The Labute approximate surface area is 159 Å². The van der Waals surface area contributed by atoms with Crippen LogP contribution in [0.4, 0.5) is 0 Å². The van der Waals surface area contributed by atoms with E-state index in [2.05, 4.69) is 11.8 Å². The third kappa shape index (κ3) is 3.30. The number of nitrogens with two attached hydrogens (primary N) is 1. The Balaban J connectivity index is 1.74. The van der Waals surface area contributed by atoms with E-state index in [0.717, 1.165) is 53.8 Å². The van der Waals surface area contributed by atoms with Crippen molar-refractivity contribution in [2.45, 2.75) is 32.7 Å².